The van der Waals surface area contributed by atoms with Crippen LogP contribution in [0.1, 0.15) is 37.7 Å². The van der Waals surface area contributed by atoms with Crippen molar-refractivity contribution < 1.29 is 9.47 Å². The van der Waals surface area contributed by atoms with Crippen LogP contribution in [0.4, 0.5) is 0 Å². The Morgan fingerprint density at radius 3 is 3.11 bits per heavy atom. The van der Waals surface area contributed by atoms with Crippen LogP contribution in [-0.2, 0) is 0 Å². The standard InChI is InChI=1S/C16H23NO2/c1-3-8-17-9-4-5-13-14-10-12(18-2)6-7-16(14)19-11-15(13)17/h6-7,10,13,15H,3-5,8-9,11H2,1-2H3/t13-,15-/m1/s1. The number of hydrogen-bond donors (Lipinski definition) is 0. The lowest BCUT2D eigenvalue weighted by Crippen LogP contribution is -2.49. The van der Waals surface area contributed by atoms with E-state index in [1.807, 2.05) is 6.07 Å². The van der Waals surface area contributed by atoms with E-state index in [4.69, 9.17) is 9.47 Å². The van der Waals surface area contributed by atoms with Gasteiger partial charge in [0.2, 0.25) is 0 Å². The number of hydrogen-bond acceptors (Lipinski definition) is 3. The molecule has 2 atom stereocenters. The smallest absolute Gasteiger partial charge is 0.123 e. The van der Waals surface area contributed by atoms with E-state index in [2.05, 4.69) is 24.0 Å². The van der Waals surface area contributed by atoms with Crippen molar-refractivity contribution in [2.45, 2.75) is 38.1 Å². The summed E-state index contributed by atoms with van der Waals surface area (Å²) < 4.78 is 11.3. The van der Waals surface area contributed by atoms with Crippen molar-refractivity contribution in [3.05, 3.63) is 23.8 Å². The van der Waals surface area contributed by atoms with Gasteiger partial charge in [0.15, 0.2) is 0 Å². The first-order valence-corrected chi connectivity index (χ1v) is 7.38. The second kappa shape index (κ2) is 5.41. The number of methoxy groups -OCH3 is 1. The van der Waals surface area contributed by atoms with Gasteiger partial charge in [-0.25, -0.2) is 0 Å². The molecule has 1 aromatic carbocycles. The second-order valence-corrected chi connectivity index (χ2v) is 5.57. The average molecular weight is 261 g/mol. The van der Waals surface area contributed by atoms with E-state index in [0.29, 0.717) is 12.0 Å². The predicted octanol–water partition coefficient (Wildman–Crippen LogP) is 3.05. The van der Waals surface area contributed by atoms with Crippen molar-refractivity contribution in [2.24, 2.45) is 0 Å². The van der Waals surface area contributed by atoms with Gasteiger partial charge in [-0.2, -0.15) is 0 Å². The largest absolute Gasteiger partial charge is 0.497 e. The maximum absolute atomic E-state index is 5.97. The molecule has 2 aliphatic rings. The van der Waals surface area contributed by atoms with Crippen molar-refractivity contribution >= 4 is 0 Å². The quantitative estimate of drug-likeness (QED) is 0.834. The third-order valence-electron chi connectivity index (χ3n) is 4.43. The number of likely N-dealkylation sites (tertiary alicyclic amines) is 1. The molecule has 0 amide bonds. The molecule has 3 nitrogen and oxygen atoms in total. The molecule has 0 aliphatic carbocycles. The molecule has 0 N–H and O–H groups in total. The molecule has 2 aliphatic heterocycles. The van der Waals surface area contributed by atoms with Crippen molar-refractivity contribution in [1.29, 1.82) is 0 Å². The molecule has 1 aromatic rings. The maximum atomic E-state index is 5.97. The number of fused-ring (bicyclic) bond motifs is 3. The van der Waals surface area contributed by atoms with Gasteiger partial charge in [-0.05, 0) is 50.6 Å². The van der Waals surface area contributed by atoms with Crippen LogP contribution in [0, 0.1) is 0 Å². The fourth-order valence-electron chi connectivity index (χ4n) is 3.53. The Bertz CT molecular complexity index is 444. The van der Waals surface area contributed by atoms with Gasteiger partial charge in [-0.1, -0.05) is 6.92 Å². The Morgan fingerprint density at radius 1 is 1.42 bits per heavy atom. The highest BCUT2D eigenvalue weighted by atomic mass is 16.5. The molecule has 1 fully saturated rings. The number of benzene rings is 1. The molecule has 0 bridgehead atoms. The second-order valence-electron chi connectivity index (χ2n) is 5.57. The molecular formula is C16H23NO2. The first-order chi connectivity index (χ1) is 9.33. The number of rotatable bonds is 3. The van der Waals surface area contributed by atoms with Crippen LogP contribution in [0.5, 0.6) is 11.5 Å². The molecule has 0 unspecified atom stereocenters. The number of ether oxygens (including phenoxy) is 2. The highest BCUT2D eigenvalue weighted by Gasteiger charge is 2.37. The van der Waals surface area contributed by atoms with E-state index in [1.165, 1.54) is 37.9 Å². The molecule has 19 heavy (non-hydrogen) atoms. The Morgan fingerprint density at radius 2 is 2.32 bits per heavy atom. The van der Waals surface area contributed by atoms with Crippen LogP contribution >= 0.6 is 0 Å². The average Bonchev–Trinajstić information content (AvgIpc) is 2.47. The third-order valence-corrected chi connectivity index (χ3v) is 4.43. The SMILES string of the molecule is CCCN1CCC[C@@H]2c3cc(OC)ccc3OC[C@H]21. The summed E-state index contributed by atoms with van der Waals surface area (Å²) in [5.41, 5.74) is 1.34. The molecular weight excluding hydrogens is 238 g/mol. The van der Waals surface area contributed by atoms with Crippen LogP contribution in [0.2, 0.25) is 0 Å². The fourth-order valence-corrected chi connectivity index (χ4v) is 3.53. The normalized spacial score (nSPS) is 26.2. The summed E-state index contributed by atoms with van der Waals surface area (Å²) in [5.74, 6) is 2.61. The predicted molar refractivity (Wildman–Crippen MR) is 76.1 cm³/mol. The molecule has 0 radical (unpaired) electrons. The Hall–Kier alpha value is -1.22. The minimum absolute atomic E-state index is 0.549. The van der Waals surface area contributed by atoms with Crippen molar-refractivity contribution in [1.82, 2.24) is 4.90 Å². The molecule has 1 saturated heterocycles. The maximum Gasteiger partial charge on any atom is 0.123 e. The molecule has 2 heterocycles. The number of nitrogens with zero attached hydrogens (tertiary/aromatic N) is 1. The van der Waals surface area contributed by atoms with Crippen LogP contribution in [0.15, 0.2) is 18.2 Å². The first-order valence-electron chi connectivity index (χ1n) is 7.38. The van der Waals surface area contributed by atoms with E-state index >= 15 is 0 Å². The van der Waals surface area contributed by atoms with Gasteiger partial charge < -0.3 is 9.47 Å². The summed E-state index contributed by atoms with van der Waals surface area (Å²) in [7, 11) is 1.73. The van der Waals surface area contributed by atoms with Crippen molar-refractivity contribution in [3.8, 4) is 11.5 Å². The topological polar surface area (TPSA) is 21.7 Å². The van der Waals surface area contributed by atoms with E-state index in [-0.39, 0.29) is 0 Å². The van der Waals surface area contributed by atoms with E-state index in [1.54, 1.807) is 7.11 Å². The van der Waals surface area contributed by atoms with Crippen LogP contribution < -0.4 is 9.47 Å². The molecule has 104 valence electrons. The monoisotopic (exact) mass is 261 g/mol. The van der Waals surface area contributed by atoms with Crippen molar-refractivity contribution in [2.75, 3.05) is 26.8 Å². The zero-order chi connectivity index (χ0) is 13.2. The molecule has 3 rings (SSSR count). The number of piperidine rings is 1. The summed E-state index contributed by atoms with van der Waals surface area (Å²) in [6.07, 6.45) is 3.78. The zero-order valence-corrected chi connectivity index (χ0v) is 11.9. The summed E-state index contributed by atoms with van der Waals surface area (Å²) in [4.78, 5) is 2.61. The van der Waals surface area contributed by atoms with Crippen LogP contribution in [0.3, 0.4) is 0 Å². The van der Waals surface area contributed by atoms with Crippen molar-refractivity contribution in [3.63, 3.8) is 0 Å². The lowest BCUT2D eigenvalue weighted by Gasteiger charge is -2.44. The van der Waals surface area contributed by atoms with Gasteiger partial charge in [0.25, 0.3) is 0 Å². The molecule has 0 spiro atoms. The molecule has 0 saturated carbocycles. The van der Waals surface area contributed by atoms with Gasteiger partial charge in [0, 0.05) is 11.5 Å². The van der Waals surface area contributed by atoms with Gasteiger partial charge in [-0.3, -0.25) is 4.90 Å². The fraction of sp³-hybridized carbons (Fsp3) is 0.625. The van der Waals surface area contributed by atoms with Gasteiger partial charge in [0.05, 0.1) is 13.2 Å². The Labute approximate surface area is 115 Å². The van der Waals surface area contributed by atoms with E-state index in [9.17, 15) is 0 Å². The zero-order valence-electron chi connectivity index (χ0n) is 11.9. The van der Waals surface area contributed by atoms with Gasteiger partial charge in [0.1, 0.15) is 18.1 Å². The molecule has 3 heteroatoms. The summed E-state index contributed by atoms with van der Waals surface area (Å²) >= 11 is 0. The lowest BCUT2D eigenvalue weighted by molar-refractivity contribution is 0.0658. The summed E-state index contributed by atoms with van der Waals surface area (Å²) in [6, 6.07) is 6.77. The highest BCUT2D eigenvalue weighted by Crippen LogP contribution is 2.42. The lowest BCUT2D eigenvalue weighted by atomic mass is 9.81. The Kier molecular flexibility index (Phi) is 3.65. The minimum atomic E-state index is 0.549. The minimum Gasteiger partial charge on any atom is -0.497 e. The van der Waals surface area contributed by atoms with E-state index < -0.39 is 0 Å². The van der Waals surface area contributed by atoms with Gasteiger partial charge in [-0.15, -0.1) is 0 Å². The first kappa shape index (κ1) is 12.8. The summed E-state index contributed by atoms with van der Waals surface area (Å²) in [6.45, 7) is 5.50. The highest BCUT2D eigenvalue weighted by molar-refractivity contribution is 5.44. The third kappa shape index (κ3) is 2.32. The van der Waals surface area contributed by atoms with Crippen LogP contribution in [-0.4, -0.2) is 37.7 Å². The molecule has 0 aromatic heterocycles. The van der Waals surface area contributed by atoms with Crippen LogP contribution in [0.25, 0.3) is 0 Å². The Balaban J connectivity index is 1.90. The summed E-state index contributed by atoms with van der Waals surface area (Å²) in [5, 5.41) is 0. The van der Waals surface area contributed by atoms with E-state index in [0.717, 1.165) is 18.1 Å². The van der Waals surface area contributed by atoms with Gasteiger partial charge >= 0.3 is 0 Å².